The van der Waals surface area contributed by atoms with Gasteiger partial charge in [-0.3, -0.25) is 14.8 Å². The SMILES string of the molecule is CC(C)(O)c1ccc(N2Cc3c(ccnc3-c3ccccc3OCC(F)(F)F)C2=O)cn1. The highest BCUT2D eigenvalue weighted by Crippen LogP contribution is 2.37. The van der Waals surface area contributed by atoms with E-state index >= 15 is 0 Å². The lowest BCUT2D eigenvalue weighted by atomic mass is 10.0. The fraction of sp³-hybridized carbons (Fsp3) is 0.261. The summed E-state index contributed by atoms with van der Waals surface area (Å²) in [5.41, 5.74) is 1.64. The number of hydrogen-bond donors (Lipinski definition) is 1. The van der Waals surface area contributed by atoms with E-state index in [0.29, 0.717) is 33.8 Å². The zero-order chi connectivity index (χ0) is 23.1. The van der Waals surface area contributed by atoms with Gasteiger partial charge in [0.15, 0.2) is 6.61 Å². The highest BCUT2D eigenvalue weighted by molar-refractivity contribution is 6.11. The lowest BCUT2D eigenvalue weighted by molar-refractivity contribution is -0.153. The summed E-state index contributed by atoms with van der Waals surface area (Å²) < 4.78 is 43.0. The Morgan fingerprint density at radius 3 is 2.47 bits per heavy atom. The molecule has 1 aliphatic rings. The van der Waals surface area contributed by atoms with Crippen molar-refractivity contribution < 1.29 is 27.8 Å². The maximum atomic E-state index is 13.0. The topological polar surface area (TPSA) is 75.6 Å². The summed E-state index contributed by atoms with van der Waals surface area (Å²) in [7, 11) is 0. The summed E-state index contributed by atoms with van der Waals surface area (Å²) in [5, 5.41) is 10.1. The number of para-hydroxylation sites is 1. The van der Waals surface area contributed by atoms with Crippen molar-refractivity contribution in [3.05, 3.63) is 71.7 Å². The number of carbonyl (C=O) groups is 1. The Morgan fingerprint density at radius 1 is 1.06 bits per heavy atom. The normalized spacial score (nSPS) is 13.9. The van der Waals surface area contributed by atoms with Crippen molar-refractivity contribution in [2.45, 2.75) is 32.2 Å². The van der Waals surface area contributed by atoms with Gasteiger partial charge in [0.1, 0.15) is 11.4 Å². The van der Waals surface area contributed by atoms with Crippen LogP contribution in [0.5, 0.6) is 5.75 Å². The molecule has 0 spiro atoms. The van der Waals surface area contributed by atoms with Gasteiger partial charge in [-0.2, -0.15) is 13.2 Å². The molecule has 0 saturated heterocycles. The van der Waals surface area contributed by atoms with E-state index in [1.54, 1.807) is 50.2 Å². The molecule has 1 N–H and O–H groups in total. The number of aromatic nitrogens is 2. The van der Waals surface area contributed by atoms with Gasteiger partial charge in [0.25, 0.3) is 5.91 Å². The number of ether oxygens (including phenoxy) is 1. The van der Waals surface area contributed by atoms with Gasteiger partial charge in [-0.25, -0.2) is 0 Å². The highest BCUT2D eigenvalue weighted by atomic mass is 19.4. The lowest BCUT2D eigenvalue weighted by Crippen LogP contribution is -2.24. The first kappa shape index (κ1) is 21.8. The van der Waals surface area contributed by atoms with Gasteiger partial charge < -0.3 is 14.7 Å². The molecule has 6 nitrogen and oxygen atoms in total. The van der Waals surface area contributed by atoms with Gasteiger partial charge in [-0.15, -0.1) is 0 Å². The van der Waals surface area contributed by atoms with Crippen LogP contribution in [0.25, 0.3) is 11.3 Å². The Kier molecular flexibility index (Phi) is 5.37. The average molecular weight is 443 g/mol. The van der Waals surface area contributed by atoms with Crippen LogP contribution in [0.3, 0.4) is 0 Å². The lowest BCUT2D eigenvalue weighted by Gasteiger charge is -2.19. The Labute approximate surface area is 182 Å². The molecule has 4 rings (SSSR count). The van der Waals surface area contributed by atoms with Crippen LogP contribution in [0.4, 0.5) is 18.9 Å². The summed E-state index contributed by atoms with van der Waals surface area (Å²) in [6, 6.07) is 11.2. The second-order valence-electron chi connectivity index (χ2n) is 7.94. The van der Waals surface area contributed by atoms with Gasteiger partial charge in [-0.1, -0.05) is 12.1 Å². The van der Waals surface area contributed by atoms with Gasteiger partial charge in [0, 0.05) is 22.9 Å². The first-order chi connectivity index (χ1) is 15.0. The Hall–Kier alpha value is -3.46. The molecular weight excluding hydrogens is 423 g/mol. The van der Waals surface area contributed by atoms with Crippen molar-refractivity contribution in [3.63, 3.8) is 0 Å². The van der Waals surface area contributed by atoms with Crippen LogP contribution in [-0.2, 0) is 12.1 Å². The Morgan fingerprint density at radius 2 is 1.81 bits per heavy atom. The number of aliphatic hydroxyl groups is 1. The molecule has 0 atom stereocenters. The number of halogens is 3. The number of anilines is 1. The number of alkyl halides is 3. The molecule has 0 aliphatic carbocycles. The van der Waals surface area contributed by atoms with E-state index in [9.17, 15) is 23.1 Å². The fourth-order valence-electron chi connectivity index (χ4n) is 3.52. The summed E-state index contributed by atoms with van der Waals surface area (Å²) in [6.45, 7) is 1.97. The van der Waals surface area contributed by atoms with Gasteiger partial charge >= 0.3 is 6.18 Å². The number of hydrogen-bond acceptors (Lipinski definition) is 5. The molecule has 9 heteroatoms. The van der Waals surface area contributed by atoms with E-state index in [4.69, 9.17) is 4.74 Å². The van der Waals surface area contributed by atoms with Crippen LogP contribution in [-0.4, -0.2) is 33.8 Å². The molecule has 32 heavy (non-hydrogen) atoms. The average Bonchev–Trinajstić information content (AvgIpc) is 3.08. The number of nitrogens with zero attached hydrogens (tertiary/aromatic N) is 3. The van der Waals surface area contributed by atoms with E-state index in [1.807, 2.05) is 0 Å². The molecule has 2 aromatic heterocycles. The van der Waals surface area contributed by atoms with E-state index in [2.05, 4.69) is 9.97 Å². The van der Waals surface area contributed by atoms with Crippen LogP contribution in [0.2, 0.25) is 0 Å². The molecule has 1 aromatic carbocycles. The minimum Gasteiger partial charge on any atom is -0.483 e. The molecular formula is C23H20F3N3O3. The summed E-state index contributed by atoms with van der Waals surface area (Å²) in [4.78, 5) is 23.1. The molecule has 3 heterocycles. The van der Waals surface area contributed by atoms with Crippen LogP contribution in [0.1, 0.15) is 35.5 Å². The quantitative estimate of drug-likeness (QED) is 0.630. The zero-order valence-corrected chi connectivity index (χ0v) is 17.3. The Bertz CT molecular complexity index is 1160. The van der Waals surface area contributed by atoms with Crippen molar-refractivity contribution in [1.82, 2.24) is 9.97 Å². The molecule has 1 aliphatic heterocycles. The predicted molar refractivity (Wildman–Crippen MR) is 111 cm³/mol. The number of pyridine rings is 2. The molecule has 1 amide bonds. The standard InChI is InChI=1S/C23H20F3N3O3/c1-22(2,31)19-8-7-14(11-28-19)29-12-17-15(21(29)30)9-10-27-20(17)16-5-3-4-6-18(16)32-13-23(24,25)26/h3-11,31H,12-13H2,1-2H3. The molecule has 0 saturated carbocycles. The third kappa shape index (κ3) is 4.29. The number of amides is 1. The van der Waals surface area contributed by atoms with E-state index in [-0.39, 0.29) is 18.2 Å². The van der Waals surface area contributed by atoms with Crippen LogP contribution >= 0.6 is 0 Å². The van der Waals surface area contributed by atoms with E-state index in [1.165, 1.54) is 23.4 Å². The number of fused-ring (bicyclic) bond motifs is 1. The summed E-state index contributed by atoms with van der Waals surface area (Å²) in [6.07, 6.45) is -1.52. The number of carbonyl (C=O) groups excluding carboxylic acids is 1. The van der Waals surface area contributed by atoms with Crippen LogP contribution in [0.15, 0.2) is 54.9 Å². The highest BCUT2D eigenvalue weighted by Gasteiger charge is 2.33. The molecule has 0 fully saturated rings. The molecule has 0 unspecified atom stereocenters. The number of benzene rings is 1. The Balaban J connectivity index is 1.68. The maximum Gasteiger partial charge on any atom is 0.422 e. The molecule has 3 aromatic rings. The number of rotatable bonds is 5. The second kappa shape index (κ2) is 7.90. The van der Waals surface area contributed by atoms with Crippen molar-refractivity contribution >= 4 is 11.6 Å². The van der Waals surface area contributed by atoms with E-state index in [0.717, 1.165) is 0 Å². The van der Waals surface area contributed by atoms with Crippen LogP contribution in [0, 0.1) is 0 Å². The third-order valence-electron chi connectivity index (χ3n) is 5.07. The zero-order valence-electron chi connectivity index (χ0n) is 17.3. The van der Waals surface area contributed by atoms with E-state index < -0.39 is 18.4 Å². The summed E-state index contributed by atoms with van der Waals surface area (Å²) in [5.74, 6) is -0.233. The molecule has 166 valence electrons. The first-order valence-electron chi connectivity index (χ1n) is 9.82. The second-order valence-corrected chi connectivity index (χ2v) is 7.94. The third-order valence-corrected chi connectivity index (χ3v) is 5.07. The summed E-state index contributed by atoms with van der Waals surface area (Å²) >= 11 is 0. The monoisotopic (exact) mass is 443 g/mol. The van der Waals surface area contributed by atoms with Crippen molar-refractivity contribution in [1.29, 1.82) is 0 Å². The van der Waals surface area contributed by atoms with Crippen molar-refractivity contribution in [2.75, 3.05) is 11.5 Å². The predicted octanol–water partition coefficient (Wildman–Crippen LogP) is 4.47. The van der Waals surface area contributed by atoms with Gasteiger partial charge in [0.2, 0.25) is 0 Å². The van der Waals surface area contributed by atoms with Gasteiger partial charge in [0.05, 0.1) is 29.8 Å². The maximum absolute atomic E-state index is 13.0. The fourth-order valence-corrected chi connectivity index (χ4v) is 3.52. The first-order valence-corrected chi connectivity index (χ1v) is 9.82. The largest absolute Gasteiger partial charge is 0.483 e. The van der Waals surface area contributed by atoms with Gasteiger partial charge in [-0.05, 0) is 44.2 Å². The molecule has 0 bridgehead atoms. The minimum atomic E-state index is -4.48. The van der Waals surface area contributed by atoms with Crippen LogP contribution < -0.4 is 9.64 Å². The molecule has 0 radical (unpaired) electrons. The minimum absolute atomic E-state index is 0.0350. The van der Waals surface area contributed by atoms with Crippen molar-refractivity contribution in [2.24, 2.45) is 0 Å². The smallest absolute Gasteiger partial charge is 0.422 e. The van der Waals surface area contributed by atoms with Crippen molar-refractivity contribution in [3.8, 4) is 17.0 Å².